The van der Waals surface area contributed by atoms with Gasteiger partial charge in [0.25, 0.3) is 5.91 Å². The van der Waals surface area contributed by atoms with Crippen molar-refractivity contribution in [2.45, 2.75) is 26.8 Å². The summed E-state index contributed by atoms with van der Waals surface area (Å²) >= 11 is 0. The minimum Gasteiger partial charge on any atom is -0.484 e. The molecule has 27 heavy (non-hydrogen) atoms. The molecule has 0 saturated carbocycles. The summed E-state index contributed by atoms with van der Waals surface area (Å²) in [7, 11) is 1.35. The van der Waals surface area contributed by atoms with Crippen LogP contribution in [0, 0.1) is 5.92 Å². The molecular formula is C22H27NO4. The van der Waals surface area contributed by atoms with Gasteiger partial charge in [0, 0.05) is 13.1 Å². The van der Waals surface area contributed by atoms with E-state index >= 15 is 0 Å². The second-order valence-corrected chi connectivity index (χ2v) is 6.47. The van der Waals surface area contributed by atoms with E-state index in [9.17, 15) is 9.59 Å². The van der Waals surface area contributed by atoms with Crippen LogP contribution in [0.4, 0.5) is 0 Å². The highest BCUT2D eigenvalue weighted by Gasteiger charge is 2.22. The van der Waals surface area contributed by atoms with Gasteiger partial charge in [-0.1, -0.05) is 56.3 Å². The van der Waals surface area contributed by atoms with Crippen LogP contribution < -0.4 is 4.74 Å². The molecule has 0 aliphatic heterocycles. The molecule has 1 unspecified atom stereocenters. The molecular weight excluding hydrogens is 342 g/mol. The number of carbonyl (C=O) groups is 2. The molecule has 0 aliphatic carbocycles. The maximum atomic E-state index is 12.8. The first kappa shape index (κ1) is 20.5. The quantitative estimate of drug-likeness (QED) is 0.635. The number of ether oxygens (including phenoxy) is 2. The monoisotopic (exact) mass is 369 g/mol. The highest BCUT2D eigenvalue weighted by molar-refractivity contribution is 5.79. The summed E-state index contributed by atoms with van der Waals surface area (Å²) in [5.74, 6) is -0.247. The van der Waals surface area contributed by atoms with Crippen molar-refractivity contribution in [3.63, 3.8) is 0 Å². The average molecular weight is 369 g/mol. The van der Waals surface area contributed by atoms with Crippen LogP contribution in [0.3, 0.4) is 0 Å². The Morgan fingerprint density at radius 2 is 1.74 bits per heavy atom. The van der Waals surface area contributed by atoms with E-state index in [0.717, 1.165) is 17.5 Å². The van der Waals surface area contributed by atoms with E-state index in [2.05, 4.69) is 6.92 Å². The smallest absolute Gasteiger partial charge is 0.310 e. The summed E-state index contributed by atoms with van der Waals surface area (Å²) in [5, 5.41) is 0. The second kappa shape index (κ2) is 10.4. The average Bonchev–Trinajstić information content (AvgIpc) is 2.71. The highest BCUT2D eigenvalue weighted by Crippen LogP contribution is 2.15. The molecule has 0 spiro atoms. The maximum absolute atomic E-state index is 12.8. The lowest BCUT2D eigenvalue weighted by atomic mass is 10.1. The SMILES string of the molecule is CCc1cccc(OCC(=O)N(Cc2ccccc2)CC(C)C(=O)OC)c1. The van der Waals surface area contributed by atoms with Gasteiger partial charge < -0.3 is 14.4 Å². The molecule has 1 atom stereocenters. The Kier molecular flexibility index (Phi) is 7.86. The lowest BCUT2D eigenvalue weighted by molar-refractivity contribution is -0.147. The van der Waals surface area contributed by atoms with E-state index in [1.165, 1.54) is 7.11 Å². The normalized spacial score (nSPS) is 11.5. The second-order valence-electron chi connectivity index (χ2n) is 6.47. The van der Waals surface area contributed by atoms with Crippen molar-refractivity contribution in [1.29, 1.82) is 0 Å². The van der Waals surface area contributed by atoms with Crippen LogP contribution in [-0.2, 0) is 27.3 Å². The van der Waals surface area contributed by atoms with Gasteiger partial charge in [-0.25, -0.2) is 0 Å². The number of hydrogen-bond acceptors (Lipinski definition) is 4. The number of aryl methyl sites for hydroxylation is 1. The molecule has 0 heterocycles. The Labute approximate surface area is 160 Å². The van der Waals surface area contributed by atoms with E-state index in [1.807, 2.05) is 54.6 Å². The van der Waals surface area contributed by atoms with E-state index in [1.54, 1.807) is 11.8 Å². The summed E-state index contributed by atoms with van der Waals surface area (Å²) in [6, 6.07) is 17.4. The fourth-order valence-electron chi connectivity index (χ4n) is 2.76. The first-order valence-electron chi connectivity index (χ1n) is 9.14. The molecule has 0 saturated heterocycles. The van der Waals surface area contributed by atoms with Crippen LogP contribution in [0.5, 0.6) is 5.75 Å². The number of benzene rings is 2. The molecule has 0 aliphatic rings. The van der Waals surface area contributed by atoms with Gasteiger partial charge in [-0.05, 0) is 29.7 Å². The zero-order valence-electron chi connectivity index (χ0n) is 16.2. The van der Waals surface area contributed by atoms with Crippen molar-refractivity contribution in [3.05, 3.63) is 65.7 Å². The molecule has 2 rings (SSSR count). The Morgan fingerprint density at radius 3 is 2.41 bits per heavy atom. The van der Waals surface area contributed by atoms with Crippen LogP contribution >= 0.6 is 0 Å². The van der Waals surface area contributed by atoms with Gasteiger partial charge in [-0.3, -0.25) is 9.59 Å². The van der Waals surface area contributed by atoms with Crippen LogP contribution in [0.1, 0.15) is 25.0 Å². The molecule has 1 amide bonds. The van der Waals surface area contributed by atoms with E-state index in [4.69, 9.17) is 9.47 Å². The van der Waals surface area contributed by atoms with Crippen molar-refractivity contribution < 1.29 is 19.1 Å². The molecule has 0 bridgehead atoms. The molecule has 2 aromatic carbocycles. The summed E-state index contributed by atoms with van der Waals surface area (Å²) in [6.07, 6.45) is 0.905. The lowest BCUT2D eigenvalue weighted by Gasteiger charge is -2.25. The highest BCUT2D eigenvalue weighted by atomic mass is 16.5. The van der Waals surface area contributed by atoms with Gasteiger partial charge in [0.15, 0.2) is 6.61 Å². The first-order chi connectivity index (χ1) is 13.0. The third-order valence-electron chi connectivity index (χ3n) is 4.34. The van der Waals surface area contributed by atoms with Gasteiger partial charge in [0.1, 0.15) is 5.75 Å². The summed E-state index contributed by atoms with van der Waals surface area (Å²) in [4.78, 5) is 26.2. The fourth-order valence-corrected chi connectivity index (χ4v) is 2.76. The molecule has 0 aromatic heterocycles. The number of rotatable bonds is 9. The van der Waals surface area contributed by atoms with Crippen LogP contribution in [-0.4, -0.2) is 37.0 Å². The molecule has 5 heteroatoms. The Balaban J connectivity index is 2.05. The van der Waals surface area contributed by atoms with Gasteiger partial charge in [-0.15, -0.1) is 0 Å². The molecule has 0 fully saturated rings. The number of nitrogens with zero attached hydrogens (tertiary/aromatic N) is 1. The Morgan fingerprint density at radius 1 is 1.04 bits per heavy atom. The zero-order chi connectivity index (χ0) is 19.6. The number of esters is 1. The fraction of sp³-hybridized carbons (Fsp3) is 0.364. The van der Waals surface area contributed by atoms with Crippen LogP contribution in [0.25, 0.3) is 0 Å². The number of carbonyl (C=O) groups excluding carboxylic acids is 2. The van der Waals surface area contributed by atoms with Crippen molar-refractivity contribution in [2.24, 2.45) is 5.92 Å². The summed E-state index contributed by atoms with van der Waals surface area (Å²) in [5.41, 5.74) is 2.15. The minimum atomic E-state index is -0.411. The van der Waals surface area contributed by atoms with Crippen molar-refractivity contribution >= 4 is 11.9 Å². The topological polar surface area (TPSA) is 55.8 Å². The zero-order valence-corrected chi connectivity index (χ0v) is 16.2. The number of amides is 1. The van der Waals surface area contributed by atoms with Crippen molar-refractivity contribution in [3.8, 4) is 5.75 Å². The van der Waals surface area contributed by atoms with Crippen molar-refractivity contribution in [2.75, 3.05) is 20.3 Å². The van der Waals surface area contributed by atoms with E-state index in [0.29, 0.717) is 12.3 Å². The van der Waals surface area contributed by atoms with Gasteiger partial charge in [-0.2, -0.15) is 0 Å². The van der Waals surface area contributed by atoms with E-state index < -0.39 is 5.92 Å². The van der Waals surface area contributed by atoms with Gasteiger partial charge >= 0.3 is 5.97 Å². The standard InChI is InChI=1S/C22H27NO4/c1-4-18-11-8-12-20(13-18)27-16-21(24)23(14-17(2)22(25)26-3)15-19-9-6-5-7-10-19/h5-13,17H,4,14-16H2,1-3H3. The Bertz CT molecular complexity index is 745. The number of methoxy groups -OCH3 is 1. The third kappa shape index (κ3) is 6.44. The summed E-state index contributed by atoms with van der Waals surface area (Å²) in [6.45, 7) is 4.44. The number of hydrogen-bond donors (Lipinski definition) is 0. The van der Waals surface area contributed by atoms with Crippen LogP contribution in [0.2, 0.25) is 0 Å². The van der Waals surface area contributed by atoms with E-state index in [-0.39, 0.29) is 25.0 Å². The Hall–Kier alpha value is -2.82. The van der Waals surface area contributed by atoms with Crippen LogP contribution in [0.15, 0.2) is 54.6 Å². The maximum Gasteiger partial charge on any atom is 0.310 e. The molecule has 144 valence electrons. The van der Waals surface area contributed by atoms with Crippen molar-refractivity contribution in [1.82, 2.24) is 4.90 Å². The predicted molar refractivity (Wildman–Crippen MR) is 104 cm³/mol. The van der Waals surface area contributed by atoms with Gasteiger partial charge in [0.05, 0.1) is 13.0 Å². The third-order valence-corrected chi connectivity index (χ3v) is 4.34. The minimum absolute atomic E-state index is 0.0755. The lowest BCUT2D eigenvalue weighted by Crippen LogP contribution is -2.39. The largest absolute Gasteiger partial charge is 0.484 e. The molecule has 0 N–H and O–H groups in total. The predicted octanol–water partition coefficient (Wildman–Crippen LogP) is 3.47. The molecule has 2 aromatic rings. The van der Waals surface area contributed by atoms with Gasteiger partial charge in [0.2, 0.25) is 0 Å². The summed E-state index contributed by atoms with van der Waals surface area (Å²) < 4.78 is 10.5. The molecule has 5 nitrogen and oxygen atoms in total. The molecule has 0 radical (unpaired) electrons. The first-order valence-corrected chi connectivity index (χ1v) is 9.14.